The van der Waals surface area contributed by atoms with E-state index in [1.165, 1.54) is 11.1 Å². The smallest absolute Gasteiger partial charge is 0.303 e. The van der Waals surface area contributed by atoms with Crippen LogP contribution < -0.4 is 0 Å². The van der Waals surface area contributed by atoms with Gasteiger partial charge in [-0.1, -0.05) is 66.7 Å². The number of Topliss-reactive ketones (excluding diaryl/α,β-unsaturated/α-hetero) is 1. The molecule has 6 heteroatoms. The maximum Gasteiger partial charge on any atom is 0.303 e. The maximum absolute atomic E-state index is 13.1. The molecule has 0 radical (unpaired) electrons. The lowest BCUT2D eigenvalue weighted by Crippen LogP contribution is -2.49. The number of carboxylic acid groups (broad SMARTS) is 1. The van der Waals surface area contributed by atoms with Gasteiger partial charge in [0.05, 0.1) is 32.0 Å². The minimum atomic E-state index is -0.766. The quantitative estimate of drug-likeness (QED) is 0.373. The third kappa shape index (κ3) is 7.10. The molecule has 1 saturated carbocycles. The van der Waals surface area contributed by atoms with Crippen molar-refractivity contribution in [1.29, 1.82) is 0 Å². The number of nitrogens with zero attached hydrogens (tertiary/aromatic N) is 1. The number of carbonyl (C=O) groups is 2. The van der Waals surface area contributed by atoms with E-state index in [1.807, 2.05) is 24.3 Å². The van der Waals surface area contributed by atoms with Crippen molar-refractivity contribution in [1.82, 2.24) is 4.90 Å². The molecule has 1 saturated heterocycles. The van der Waals surface area contributed by atoms with E-state index in [2.05, 4.69) is 47.4 Å². The minimum absolute atomic E-state index is 0.0833. The predicted octanol–water partition coefficient (Wildman–Crippen LogP) is 4.73. The normalized spacial score (nSPS) is 23.2. The van der Waals surface area contributed by atoms with Crippen LogP contribution in [0.3, 0.4) is 0 Å². The molecule has 1 heterocycles. The summed E-state index contributed by atoms with van der Waals surface area (Å²) in [4.78, 5) is 26.0. The molecule has 1 unspecified atom stereocenters. The molecule has 0 amide bonds. The van der Waals surface area contributed by atoms with E-state index in [0.717, 1.165) is 31.5 Å². The van der Waals surface area contributed by atoms with Crippen molar-refractivity contribution in [3.05, 3.63) is 72.3 Å². The van der Waals surface area contributed by atoms with Crippen LogP contribution >= 0.6 is 0 Å². The fourth-order valence-corrected chi connectivity index (χ4v) is 5.08. The first-order chi connectivity index (χ1) is 17.1. The molecule has 2 fully saturated rings. The molecule has 0 bridgehead atoms. The average Bonchev–Trinajstić information content (AvgIpc) is 3.20. The number of rotatable bonds is 11. The van der Waals surface area contributed by atoms with Crippen molar-refractivity contribution >= 4 is 11.8 Å². The summed E-state index contributed by atoms with van der Waals surface area (Å²) in [6.07, 6.45) is 6.73. The van der Waals surface area contributed by atoms with Crippen molar-refractivity contribution < 1.29 is 24.2 Å². The van der Waals surface area contributed by atoms with E-state index < -0.39 is 5.97 Å². The topological polar surface area (TPSA) is 76.1 Å². The Hall–Kier alpha value is -2.80. The second-order valence-corrected chi connectivity index (χ2v) is 9.33. The predicted molar refractivity (Wildman–Crippen MR) is 135 cm³/mol. The molecule has 2 aromatic carbocycles. The summed E-state index contributed by atoms with van der Waals surface area (Å²) in [7, 11) is 0. The Morgan fingerprint density at radius 3 is 2.46 bits per heavy atom. The summed E-state index contributed by atoms with van der Waals surface area (Å²) in [6.45, 7) is 3.31. The number of hydrogen-bond donors (Lipinski definition) is 1. The lowest BCUT2D eigenvalue weighted by atomic mass is 9.95. The molecule has 0 spiro atoms. The molecule has 0 aromatic heterocycles. The monoisotopic (exact) mass is 477 g/mol. The van der Waals surface area contributed by atoms with Crippen LogP contribution in [0.4, 0.5) is 0 Å². The molecule has 2 aliphatic rings. The Bertz CT molecular complexity index is 982. The zero-order valence-corrected chi connectivity index (χ0v) is 20.2. The molecule has 1 aliphatic carbocycles. The van der Waals surface area contributed by atoms with Gasteiger partial charge in [0.1, 0.15) is 0 Å². The zero-order chi connectivity index (χ0) is 24.5. The summed E-state index contributed by atoms with van der Waals surface area (Å²) in [5.74, 6) is -0.432. The highest BCUT2D eigenvalue weighted by atomic mass is 16.5. The first-order valence-electron chi connectivity index (χ1n) is 12.6. The van der Waals surface area contributed by atoms with Gasteiger partial charge in [-0.25, -0.2) is 0 Å². The molecule has 2 aromatic rings. The van der Waals surface area contributed by atoms with Gasteiger partial charge in [0, 0.05) is 31.8 Å². The molecule has 186 valence electrons. The van der Waals surface area contributed by atoms with E-state index in [9.17, 15) is 9.59 Å². The SMILES string of the molecule is O=C(O)CCCC=CC[C@@H]1C(N2CCOCC2)C(=O)C[C@@H]1OCc1ccc(-c2ccccc2)cc1. The number of morpholine rings is 1. The fraction of sp³-hybridized carbons (Fsp3) is 0.448. The first-order valence-corrected chi connectivity index (χ1v) is 12.6. The summed E-state index contributed by atoms with van der Waals surface area (Å²) in [5, 5.41) is 8.82. The van der Waals surface area contributed by atoms with E-state index >= 15 is 0 Å². The fourth-order valence-electron chi connectivity index (χ4n) is 5.08. The Morgan fingerprint density at radius 1 is 1.03 bits per heavy atom. The second-order valence-electron chi connectivity index (χ2n) is 9.33. The van der Waals surface area contributed by atoms with Crippen molar-refractivity contribution in [3.63, 3.8) is 0 Å². The first kappa shape index (κ1) is 25.3. The van der Waals surface area contributed by atoms with Crippen LogP contribution in [-0.4, -0.2) is 60.2 Å². The van der Waals surface area contributed by atoms with Crippen LogP contribution in [0.2, 0.25) is 0 Å². The molecular formula is C29H35NO5. The van der Waals surface area contributed by atoms with Gasteiger partial charge < -0.3 is 14.6 Å². The van der Waals surface area contributed by atoms with Gasteiger partial charge in [-0.15, -0.1) is 0 Å². The molecule has 3 atom stereocenters. The number of hydrogen-bond acceptors (Lipinski definition) is 5. The van der Waals surface area contributed by atoms with Gasteiger partial charge in [-0.05, 0) is 36.0 Å². The van der Waals surface area contributed by atoms with Crippen LogP contribution in [0.15, 0.2) is 66.7 Å². The number of ketones is 1. The summed E-state index contributed by atoms with van der Waals surface area (Å²) >= 11 is 0. The van der Waals surface area contributed by atoms with E-state index in [-0.39, 0.29) is 30.3 Å². The molecule has 4 rings (SSSR count). The summed E-state index contributed by atoms with van der Waals surface area (Å²) in [5.41, 5.74) is 3.45. The van der Waals surface area contributed by atoms with Gasteiger partial charge in [0.25, 0.3) is 0 Å². The minimum Gasteiger partial charge on any atom is -0.481 e. The number of carbonyl (C=O) groups excluding carboxylic acids is 1. The number of carboxylic acids is 1. The highest BCUT2D eigenvalue weighted by Crippen LogP contribution is 2.34. The molecule has 1 aliphatic heterocycles. The van der Waals surface area contributed by atoms with Crippen LogP contribution in [0.1, 0.15) is 37.7 Å². The molecule has 6 nitrogen and oxygen atoms in total. The Morgan fingerprint density at radius 2 is 1.74 bits per heavy atom. The maximum atomic E-state index is 13.1. The highest BCUT2D eigenvalue weighted by molar-refractivity contribution is 5.87. The summed E-state index contributed by atoms with van der Waals surface area (Å²) < 4.78 is 11.9. The molecule has 1 N–H and O–H groups in total. The highest BCUT2D eigenvalue weighted by Gasteiger charge is 2.45. The van der Waals surface area contributed by atoms with Crippen molar-refractivity contribution in [2.24, 2.45) is 5.92 Å². The number of ether oxygens (including phenoxy) is 2. The molecule has 35 heavy (non-hydrogen) atoms. The number of aliphatic carboxylic acids is 1. The van der Waals surface area contributed by atoms with Gasteiger partial charge in [-0.2, -0.15) is 0 Å². The second kappa shape index (κ2) is 12.8. The van der Waals surface area contributed by atoms with Gasteiger partial charge in [-0.3, -0.25) is 14.5 Å². The Kier molecular flexibility index (Phi) is 9.23. The van der Waals surface area contributed by atoms with Crippen LogP contribution in [-0.2, 0) is 25.7 Å². The third-order valence-corrected chi connectivity index (χ3v) is 6.92. The van der Waals surface area contributed by atoms with Gasteiger partial charge in [0.2, 0.25) is 0 Å². The van der Waals surface area contributed by atoms with E-state index in [1.54, 1.807) is 0 Å². The standard InChI is InChI=1S/C29H35NO5/c31-26-20-27(35-21-22-12-14-24(15-13-22)23-8-4-3-5-9-23)25(10-6-1-2-7-11-28(32)33)29(26)30-16-18-34-19-17-30/h1,3-6,8-9,12-15,25,27,29H,2,7,10-11,16-21H2,(H,32,33)/t25-,27-,29?/m0/s1. The third-order valence-electron chi connectivity index (χ3n) is 6.92. The number of benzene rings is 2. The van der Waals surface area contributed by atoms with E-state index in [4.69, 9.17) is 14.6 Å². The van der Waals surface area contributed by atoms with Crippen LogP contribution in [0.25, 0.3) is 11.1 Å². The summed E-state index contributed by atoms with van der Waals surface area (Å²) in [6, 6.07) is 18.6. The lowest BCUT2D eigenvalue weighted by Gasteiger charge is -2.35. The van der Waals surface area contributed by atoms with Crippen molar-refractivity contribution in [2.45, 2.75) is 50.9 Å². The van der Waals surface area contributed by atoms with Crippen molar-refractivity contribution in [3.8, 4) is 11.1 Å². The largest absolute Gasteiger partial charge is 0.481 e. The lowest BCUT2D eigenvalue weighted by molar-refractivity contribution is -0.137. The average molecular weight is 478 g/mol. The number of allylic oxidation sites excluding steroid dienone is 2. The van der Waals surface area contributed by atoms with Crippen LogP contribution in [0.5, 0.6) is 0 Å². The number of unbranched alkanes of at least 4 members (excludes halogenated alkanes) is 1. The van der Waals surface area contributed by atoms with Crippen LogP contribution in [0, 0.1) is 5.92 Å². The Balaban J connectivity index is 1.38. The van der Waals surface area contributed by atoms with Gasteiger partial charge >= 0.3 is 5.97 Å². The Labute approximate surface area is 207 Å². The zero-order valence-electron chi connectivity index (χ0n) is 20.2. The van der Waals surface area contributed by atoms with Gasteiger partial charge in [0.15, 0.2) is 5.78 Å². The molecular weight excluding hydrogens is 442 g/mol. The van der Waals surface area contributed by atoms with E-state index in [0.29, 0.717) is 32.7 Å². The van der Waals surface area contributed by atoms with Crippen molar-refractivity contribution in [2.75, 3.05) is 26.3 Å².